The van der Waals surface area contributed by atoms with Gasteiger partial charge in [-0.3, -0.25) is 4.79 Å². The third-order valence-electron chi connectivity index (χ3n) is 3.35. The molecule has 1 aromatic carbocycles. The number of nitrogens with one attached hydrogen (secondary N) is 1. The van der Waals surface area contributed by atoms with Crippen molar-refractivity contribution in [1.82, 2.24) is 5.43 Å². The van der Waals surface area contributed by atoms with Gasteiger partial charge in [-0.05, 0) is 24.1 Å². The highest BCUT2D eigenvalue weighted by atomic mass is 35.5. The molecule has 3 nitrogen and oxygen atoms in total. The summed E-state index contributed by atoms with van der Waals surface area (Å²) in [4.78, 5) is 11.6. The summed E-state index contributed by atoms with van der Waals surface area (Å²) >= 11 is 11.7. The van der Waals surface area contributed by atoms with Crippen molar-refractivity contribution in [3.05, 3.63) is 33.8 Å². The van der Waals surface area contributed by atoms with Crippen molar-refractivity contribution in [2.24, 2.45) is 5.10 Å². The number of nitrogens with zero attached hydrogens (tertiary/aromatic N) is 1. The fraction of sp³-hybridized carbons (Fsp3) is 0.529. The number of halogens is 2. The van der Waals surface area contributed by atoms with E-state index in [-0.39, 0.29) is 5.91 Å². The molecule has 0 atom stereocenters. The molecular formula is C17H24Cl2N2O. The summed E-state index contributed by atoms with van der Waals surface area (Å²) in [5.74, 6) is -0.0510. The quantitative estimate of drug-likeness (QED) is 0.336. The molecule has 1 aromatic rings. The number of hydrogen-bond donors (Lipinski definition) is 1. The largest absolute Gasteiger partial charge is 0.273 e. The van der Waals surface area contributed by atoms with E-state index in [9.17, 15) is 4.79 Å². The highest BCUT2D eigenvalue weighted by Crippen LogP contribution is 2.21. The van der Waals surface area contributed by atoms with Crippen molar-refractivity contribution in [3.8, 4) is 0 Å². The van der Waals surface area contributed by atoms with Crippen LogP contribution in [0.2, 0.25) is 10.0 Å². The van der Waals surface area contributed by atoms with Gasteiger partial charge in [-0.2, -0.15) is 5.10 Å². The van der Waals surface area contributed by atoms with Crippen LogP contribution >= 0.6 is 23.2 Å². The van der Waals surface area contributed by atoms with Gasteiger partial charge >= 0.3 is 0 Å². The molecule has 0 fully saturated rings. The molecule has 22 heavy (non-hydrogen) atoms. The summed E-state index contributed by atoms with van der Waals surface area (Å²) in [5, 5.41) is 4.90. The summed E-state index contributed by atoms with van der Waals surface area (Å²) in [7, 11) is 0. The Labute approximate surface area is 143 Å². The second-order valence-corrected chi connectivity index (χ2v) is 6.15. The van der Waals surface area contributed by atoms with Crippen LogP contribution < -0.4 is 5.43 Å². The fourth-order valence-corrected chi connectivity index (χ4v) is 2.38. The third kappa shape index (κ3) is 8.40. The minimum atomic E-state index is -0.0510. The smallest absolute Gasteiger partial charge is 0.240 e. The Morgan fingerprint density at radius 3 is 2.45 bits per heavy atom. The summed E-state index contributed by atoms with van der Waals surface area (Å²) in [6.07, 6.45) is 10.5. The Hall–Kier alpha value is -1.06. The van der Waals surface area contributed by atoms with Crippen LogP contribution in [0.1, 0.15) is 63.9 Å². The lowest BCUT2D eigenvalue weighted by atomic mass is 10.1. The number of benzene rings is 1. The van der Waals surface area contributed by atoms with Crippen molar-refractivity contribution in [2.75, 3.05) is 0 Å². The van der Waals surface area contributed by atoms with Crippen LogP contribution in [0.3, 0.4) is 0 Å². The lowest BCUT2D eigenvalue weighted by Gasteiger charge is -2.01. The maximum atomic E-state index is 11.6. The first-order valence-electron chi connectivity index (χ1n) is 7.90. The molecule has 1 N–H and O–H groups in total. The zero-order chi connectivity index (χ0) is 16.2. The van der Waals surface area contributed by atoms with Crippen LogP contribution in [-0.4, -0.2) is 12.1 Å². The molecule has 1 amide bonds. The van der Waals surface area contributed by atoms with Gasteiger partial charge in [0.05, 0.1) is 16.3 Å². The summed E-state index contributed by atoms with van der Waals surface area (Å²) in [6, 6.07) is 5.20. The van der Waals surface area contributed by atoms with E-state index in [0.29, 0.717) is 16.5 Å². The molecule has 0 saturated heterocycles. The van der Waals surface area contributed by atoms with E-state index >= 15 is 0 Å². The molecule has 0 aliphatic heterocycles. The zero-order valence-corrected chi connectivity index (χ0v) is 14.6. The number of carbonyl (C=O) groups is 1. The van der Waals surface area contributed by atoms with Gasteiger partial charge in [-0.15, -0.1) is 0 Å². The van der Waals surface area contributed by atoms with Gasteiger partial charge in [0.2, 0.25) is 5.91 Å². The van der Waals surface area contributed by atoms with Gasteiger partial charge in [0.1, 0.15) is 0 Å². The molecule has 0 radical (unpaired) electrons. The van der Waals surface area contributed by atoms with Gasteiger partial charge < -0.3 is 0 Å². The van der Waals surface area contributed by atoms with E-state index in [1.54, 1.807) is 24.4 Å². The highest BCUT2D eigenvalue weighted by Gasteiger charge is 2.00. The molecular weight excluding hydrogens is 319 g/mol. The van der Waals surface area contributed by atoms with Crippen molar-refractivity contribution < 1.29 is 4.79 Å². The first-order valence-corrected chi connectivity index (χ1v) is 8.66. The minimum Gasteiger partial charge on any atom is -0.273 e. The van der Waals surface area contributed by atoms with Crippen LogP contribution in [0.25, 0.3) is 0 Å². The lowest BCUT2D eigenvalue weighted by molar-refractivity contribution is -0.121. The molecule has 122 valence electrons. The molecule has 0 saturated carbocycles. The van der Waals surface area contributed by atoms with Crippen LogP contribution in [0, 0.1) is 0 Å². The van der Waals surface area contributed by atoms with Crippen molar-refractivity contribution in [1.29, 1.82) is 0 Å². The topological polar surface area (TPSA) is 41.5 Å². The fourth-order valence-electron chi connectivity index (χ4n) is 2.07. The number of hydrogen-bond acceptors (Lipinski definition) is 2. The van der Waals surface area contributed by atoms with Crippen molar-refractivity contribution in [3.63, 3.8) is 0 Å². The molecule has 0 unspecified atom stereocenters. The Bertz CT molecular complexity index is 490. The molecule has 0 aliphatic rings. The zero-order valence-electron chi connectivity index (χ0n) is 13.1. The second-order valence-electron chi connectivity index (χ2n) is 5.34. The highest BCUT2D eigenvalue weighted by molar-refractivity contribution is 6.42. The first kappa shape index (κ1) is 19.0. The molecule has 5 heteroatoms. The number of amides is 1. The van der Waals surface area contributed by atoms with E-state index in [2.05, 4.69) is 17.5 Å². The average Bonchev–Trinajstić information content (AvgIpc) is 2.50. The van der Waals surface area contributed by atoms with Crippen LogP contribution in [0.15, 0.2) is 23.3 Å². The Morgan fingerprint density at radius 2 is 1.77 bits per heavy atom. The number of carbonyl (C=O) groups excluding carboxylic acids is 1. The Morgan fingerprint density at radius 1 is 1.09 bits per heavy atom. The second kappa shape index (κ2) is 11.5. The summed E-state index contributed by atoms with van der Waals surface area (Å²) in [5.41, 5.74) is 3.33. The average molecular weight is 343 g/mol. The normalized spacial score (nSPS) is 11.0. The predicted molar refractivity (Wildman–Crippen MR) is 94.8 cm³/mol. The lowest BCUT2D eigenvalue weighted by Crippen LogP contribution is -2.16. The van der Waals surface area contributed by atoms with E-state index < -0.39 is 0 Å². The molecule has 0 aliphatic carbocycles. The van der Waals surface area contributed by atoms with E-state index in [0.717, 1.165) is 18.4 Å². The van der Waals surface area contributed by atoms with Gasteiger partial charge in [0, 0.05) is 6.42 Å². The predicted octanol–water partition coefficient (Wildman–Crippen LogP) is 5.58. The Balaban J connectivity index is 2.14. The van der Waals surface area contributed by atoms with Crippen molar-refractivity contribution >= 4 is 35.3 Å². The molecule has 0 spiro atoms. The Kier molecular flexibility index (Phi) is 9.93. The van der Waals surface area contributed by atoms with E-state index in [1.807, 2.05) is 0 Å². The van der Waals surface area contributed by atoms with E-state index in [1.165, 1.54) is 32.1 Å². The first-order chi connectivity index (χ1) is 10.6. The monoisotopic (exact) mass is 342 g/mol. The van der Waals surface area contributed by atoms with Crippen LogP contribution in [0.5, 0.6) is 0 Å². The van der Waals surface area contributed by atoms with Gasteiger partial charge in [0.25, 0.3) is 0 Å². The minimum absolute atomic E-state index is 0.0510. The molecule has 0 aromatic heterocycles. The number of rotatable bonds is 10. The molecule has 1 rings (SSSR count). The number of hydrazone groups is 1. The number of unbranched alkanes of at least 4 members (excludes halogenated alkanes) is 6. The third-order valence-corrected chi connectivity index (χ3v) is 4.09. The van der Waals surface area contributed by atoms with E-state index in [4.69, 9.17) is 23.2 Å². The van der Waals surface area contributed by atoms with Gasteiger partial charge in [-0.25, -0.2) is 5.43 Å². The van der Waals surface area contributed by atoms with Gasteiger partial charge in [-0.1, -0.05) is 74.7 Å². The standard InChI is InChI=1S/C17H24Cl2N2O/c1-2-3-4-5-6-7-8-9-17(22)21-20-13-14-10-11-15(18)16(19)12-14/h10-13H,2-9H2,1H3,(H,21,22). The molecule has 0 heterocycles. The molecule has 0 bridgehead atoms. The van der Waals surface area contributed by atoms with Gasteiger partial charge in [0.15, 0.2) is 0 Å². The van der Waals surface area contributed by atoms with Crippen molar-refractivity contribution in [2.45, 2.75) is 58.3 Å². The SMILES string of the molecule is CCCCCCCCCC(=O)NN=Cc1ccc(Cl)c(Cl)c1. The summed E-state index contributed by atoms with van der Waals surface area (Å²) < 4.78 is 0. The van der Waals surface area contributed by atoms with Crippen LogP contribution in [0.4, 0.5) is 0 Å². The maximum Gasteiger partial charge on any atom is 0.240 e. The maximum absolute atomic E-state index is 11.6. The van der Waals surface area contributed by atoms with Crippen LogP contribution in [-0.2, 0) is 4.79 Å². The summed E-state index contributed by atoms with van der Waals surface area (Å²) in [6.45, 7) is 2.21.